The number of rotatable bonds is 0. The molecule has 2 aromatic rings. The van der Waals surface area contributed by atoms with Crippen LogP contribution in [-0.4, -0.2) is 9.55 Å². The lowest BCUT2D eigenvalue weighted by Crippen LogP contribution is -2.21. The van der Waals surface area contributed by atoms with Crippen LogP contribution in [0.5, 0.6) is 0 Å². The predicted octanol–water partition coefficient (Wildman–Crippen LogP) is 2.21. The highest BCUT2D eigenvalue weighted by molar-refractivity contribution is 5.81. The molecule has 0 radical (unpaired) electrons. The maximum Gasteiger partial charge on any atom is 0.261 e. The van der Waals surface area contributed by atoms with Crippen molar-refractivity contribution in [1.29, 1.82) is 0 Å². The average Bonchev–Trinajstić information content (AvgIpc) is 2.61. The van der Waals surface area contributed by atoms with Gasteiger partial charge in [0.25, 0.3) is 5.56 Å². The standard InChI is InChI=1S/C13H14N2O/c1-8-4-3-5-10-11(8)13(16)15-7-6-9(2)12(15)14-10/h3-5,9H,6-7H2,1-2H3. The Bertz CT molecular complexity index is 628. The lowest BCUT2D eigenvalue weighted by Gasteiger charge is -2.08. The van der Waals surface area contributed by atoms with Gasteiger partial charge in [-0.1, -0.05) is 19.1 Å². The summed E-state index contributed by atoms with van der Waals surface area (Å²) in [5.41, 5.74) is 1.98. The molecule has 1 atom stereocenters. The summed E-state index contributed by atoms with van der Waals surface area (Å²) >= 11 is 0. The minimum atomic E-state index is 0.127. The molecular weight excluding hydrogens is 200 g/mol. The number of hydrogen-bond acceptors (Lipinski definition) is 2. The number of aryl methyl sites for hydroxylation is 1. The quantitative estimate of drug-likeness (QED) is 0.674. The number of hydrogen-bond donors (Lipinski definition) is 0. The number of aromatic nitrogens is 2. The predicted molar refractivity (Wildman–Crippen MR) is 63.8 cm³/mol. The van der Waals surface area contributed by atoms with Gasteiger partial charge in [0.05, 0.1) is 10.9 Å². The largest absolute Gasteiger partial charge is 0.296 e. The van der Waals surface area contributed by atoms with Gasteiger partial charge in [0.1, 0.15) is 5.82 Å². The van der Waals surface area contributed by atoms with Crippen molar-refractivity contribution in [1.82, 2.24) is 9.55 Å². The Balaban J connectivity index is 2.49. The van der Waals surface area contributed by atoms with Gasteiger partial charge in [-0.3, -0.25) is 9.36 Å². The van der Waals surface area contributed by atoms with Crippen molar-refractivity contribution in [3.05, 3.63) is 39.9 Å². The second-order valence-corrected chi connectivity index (χ2v) is 4.59. The molecule has 0 saturated carbocycles. The molecule has 1 aromatic heterocycles. The van der Waals surface area contributed by atoms with E-state index in [1.807, 2.05) is 29.7 Å². The van der Waals surface area contributed by atoms with Crippen LogP contribution >= 0.6 is 0 Å². The zero-order chi connectivity index (χ0) is 11.3. The molecule has 0 fully saturated rings. The van der Waals surface area contributed by atoms with Gasteiger partial charge in [0.2, 0.25) is 0 Å². The smallest absolute Gasteiger partial charge is 0.261 e. The Labute approximate surface area is 93.7 Å². The average molecular weight is 214 g/mol. The molecule has 3 heteroatoms. The third-order valence-electron chi connectivity index (χ3n) is 3.45. The summed E-state index contributed by atoms with van der Waals surface area (Å²) in [4.78, 5) is 16.9. The Morgan fingerprint density at radius 1 is 1.44 bits per heavy atom. The molecule has 0 amide bonds. The third-order valence-corrected chi connectivity index (χ3v) is 3.45. The highest BCUT2D eigenvalue weighted by atomic mass is 16.1. The first-order chi connectivity index (χ1) is 7.68. The lowest BCUT2D eigenvalue weighted by molar-refractivity contribution is 0.695. The van der Waals surface area contributed by atoms with Gasteiger partial charge in [0, 0.05) is 12.5 Å². The Morgan fingerprint density at radius 2 is 2.25 bits per heavy atom. The monoisotopic (exact) mass is 214 g/mol. The summed E-state index contributed by atoms with van der Waals surface area (Å²) < 4.78 is 1.83. The Kier molecular flexibility index (Phi) is 1.90. The molecule has 0 N–H and O–H groups in total. The van der Waals surface area contributed by atoms with Crippen LogP contribution in [-0.2, 0) is 6.54 Å². The van der Waals surface area contributed by atoms with Crippen molar-refractivity contribution in [2.45, 2.75) is 32.7 Å². The number of nitrogens with zero attached hydrogens (tertiary/aromatic N) is 2. The molecule has 1 aliphatic heterocycles. The minimum absolute atomic E-state index is 0.127. The van der Waals surface area contributed by atoms with Crippen LogP contribution in [0.25, 0.3) is 10.9 Å². The summed E-state index contributed by atoms with van der Waals surface area (Å²) in [5.74, 6) is 1.35. The van der Waals surface area contributed by atoms with E-state index in [0.29, 0.717) is 5.92 Å². The van der Waals surface area contributed by atoms with Crippen LogP contribution in [0, 0.1) is 6.92 Å². The van der Waals surface area contributed by atoms with E-state index in [1.54, 1.807) is 0 Å². The van der Waals surface area contributed by atoms with Crippen LogP contribution in [0.2, 0.25) is 0 Å². The number of fused-ring (bicyclic) bond motifs is 2. The van der Waals surface area contributed by atoms with Gasteiger partial charge >= 0.3 is 0 Å². The van der Waals surface area contributed by atoms with E-state index >= 15 is 0 Å². The van der Waals surface area contributed by atoms with E-state index in [4.69, 9.17) is 0 Å². The maximum atomic E-state index is 12.3. The lowest BCUT2D eigenvalue weighted by atomic mass is 10.1. The van der Waals surface area contributed by atoms with E-state index < -0.39 is 0 Å². The minimum Gasteiger partial charge on any atom is -0.296 e. The zero-order valence-corrected chi connectivity index (χ0v) is 9.53. The summed E-state index contributed by atoms with van der Waals surface area (Å²) in [6.07, 6.45) is 1.03. The molecule has 16 heavy (non-hydrogen) atoms. The van der Waals surface area contributed by atoms with Crippen LogP contribution in [0.15, 0.2) is 23.0 Å². The van der Waals surface area contributed by atoms with Crippen LogP contribution in [0.1, 0.15) is 30.7 Å². The van der Waals surface area contributed by atoms with E-state index in [-0.39, 0.29) is 5.56 Å². The second-order valence-electron chi connectivity index (χ2n) is 4.59. The van der Waals surface area contributed by atoms with E-state index in [2.05, 4.69) is 11.9 Å². The molecule has 1 unspecified atom stereocenters. The van der Waals surface area contributed by atoms with Crippen molar-refractivity contribution in [3.8, 4) is 0 Å². The first-order valence-corrected chi connectivity index (χ1v) is 5.68. The van der Waals surface area contributed by atoms with Crippen LogP contribution in [0.3, 0.4) is 0 Å². The normalized spacial score (nSPS) is 19.0. The highest BCUT2D eigenvalue weighted by Gasteiger charge is 2.22. The Hall–Kier alpha value is -1.64. The molecular formula is C13H14N2O. The molecule has 3 rings (SSSR count). The topological polar surface area (TPSA) is 34.9 Å². The second kappa shape index (κ2) is 3.17. The van der Waals surface area contributed by atoms with Gasteiger partial charge < -0.3 is 0 Å². The van der Waals surface area contributed by atoms with Gasteiger partial charge in [-0.25, -0.2) is 4.98 Å². The highest BCUT2D eigenvalue weighted by Crippen LogP contribution is 2.25. The van der Waals surface area contributed by atoms with Crippen molar-refractivity contribution in [2.24, 2.45) is 0 Å². The molecule has 3 nitrogen and oxygen atoms in total. The van der Waals surface area contributed by atoms with Crippen molar-refractivity contribution in [2.75, 3.05) is 0 Å². The fourth-order valence-corrected chi connectivity index (χ4v) is 2.49. The SMILES string of the molecule is Cc1cccc2nc3n(c(=O)c12)CCC3C. The zero-order valence-electron chi connectivity index (χ0n) is 9.53. The fraction of sp³-hybridized carbons (Fsp3) is 0.385. The van der Waals surface area contributed by atoms with Crippen molar-refractivity contribution in [3.63, 3.8) is 0 Å². The maximum absolute atomic E-state index is 12.3. The number of benzene rings is 1. The van der Waals surface area contributed by atoms with Gasteiger partial charge in [-0.2, -0.15) is 0 Å². The van der Waals surface area contributed by atoms with Crippen LogP contribution < -0.4 is 5.56 Å². The fourth-order valence-electron chi connectivity index (χ4n) is 2.49. The summed E-state index contributed by atoms with van der Waals surface area (Å²) in [5, 5.41) is 0.778. The van der Waals surface area contributed by atoms with Crippen LogP contribution in [0.4, 0.5) is 0 Å². The van der Waals surface area contributed by atoms with Gasteiger partial charge in [-0.15, -0.1) is 0 Å². The Morgan fingerprint density at radius 3 is 3.06 bits per heavy atom. The summed E-state index contributed by atoms with van der Waals surface area (Å²) in [6, 6.07) is 5.85. The third kappa shape index (κ3) is 1.14. The molecule has 1 aromatic carbocycles. The summed E-state index contributed by atoms with van der Waals surface area (Å²) in [6.45, 7) is 4.91. The molecule has 0 spiro atoms. The summed E-state index contributed by atoms with van der Waals surface area (Å²) in [7, 11) is 0. The van der Waals surface area contributed by atoms with Crippen molar-refractivity contribution < 1.29 is 0 Å². The van der Waals surface area contributed by atoms with E-state index in [1.165, 1.54) is 0 Å². The molecule has 1 aliphatic rings. The van der Waals surface area contributed by atoms with E-state index in [9.17, 15) is 4.79 Å². The first-order valence-electron chi connectivity index (χ1n) is 5.68. The molecule has 0 bridgehead atoms. The molecule has 82 valence electrons. The molecule has 2 heterocycles. The van der Waals surface area contributed by atoms with Crippen molar-refractivity contribution >= 4 is 10.9 Å². The molecule has 0 saturated heterocycles. The van der Waals surface area contributed by atoms with Gasteiger partial charge in [0.15, 0.2) is 0 Å². The van der Waals surface area contributed by atoms with E-state index in [0.717, 1.165) is 35.3 Å². The van der Waals surface area contributed by atoms with Gasteiger partial charge in [-0.05, 0) is 25.0 Å². The molecule has 0 aliphatic carbocycles. The first kappa shape index (κ1) is 9.58.